The van der Waals surface area contributed by atoms with Crippen LogP contribution in [0.1, 0.15) is 43.2 Å². The minimum Gasteiger partial charge on any atom is -0.461 e. The van der Waals surface area contributed by atoms with Crippen molar-refractivity contribution < 1.29 is 23.9 Å². The van der Waals surface area contributed by atoms with Crippen LogP contribution in [0.4, 0.5) is 4.79 Å². The number of benzene rings is 2. The number of alkyl carbamates (subject to hydrolysis) is 1. The Morgan fingerprint density at radius 2 is 1.33 bits per heavy atom. The first-order valence-electron chi connectivity index (χ1n) is 11.2. The van der Waals surface area contributed by atoms with Crippen molar-refractivity contribution in [2.45, 2.75) is 51.4 Å². The third kappa shape index (κ3) is 11.7. The van der Waals surface area contributed by atoms with Gasteiger partial charge in [-0.1, -0.05) is 60.7 Å². The number of ether oxygens (including phenoxy) is 2. The molecule has 0 bridgehead atoms. The predicted octanol–water partition coefficient (Wildman–Crippen LogP) is 3.05. The number of nitrogens with two attached hydrogens (primary N) is 1. The summed E-state index contributed by atoms with van der Waals surface area (Å²) >= 11 is 0. The van der Waals surface area contributed by atoms with E-state index < -0.39 is 12.1 Å². The molecule has 8 heteroatoms. The summed E-state index contributed by atoms with van der Waals surface area (Å²) in [6.07, 6.45) is 2.14. The molecule has 8 nitrogen and oxygen atoms in total. The predicted molar refractivity (Wildman–Crippen MR) is 125 cm³/mol. The quantitative estimate of drug-likeness (QED) is 0.297. The highest BCUT2D eigenvalue weighted by Crippen LogP contribution is 2.04. The van der Waals surface area contributed by atoms with Gasteiger partial charge in [0.2, 0.25) is 5.91 Å². The van der Waals surface area contributed by atoms with Crippen LogP contribution in [0.25, 0.3) is 0 Å². The lowest BCUT2D eigenvalue weighted by molar-refractivity contribution is -0.145. The molecule has 4 N–H and O–H groups in total. The van der Waals surface area contributed by atoms with Crippen LogP contribution in [0.5, 0.6) is 0 Å². The van der Waals surface area contributed by atoms with Gasteiger partial charge in [0.15, 0.2) is 0 Å². The SMILES string of the molecule is N[C@@H](CCCCNC(=O)OCc1ccccc1)C(=O)NCCCC(=O)OCc1ccccc1. The van der Waals surface area contributed by atoms with Crippen molar-refractivity contribution in [2.75, 3.05) is 13.1 Å². The van der Waals surface area contributed by atoms with Gasteiger partial charge in [0.25, 0.3) is 0 Å². The van der Waals surface area contributed by atoms with Crippen LogP contribution >= 0.6 is 0 Å². The van der Waals surface area contributed by atoms with Gasteiger partial charge < -0.3 is 25.8 Å². The number of hydrogen-bond donors (Lipinski definition) is 3. The molecule has 0 aliphatic rings. The van der Waals surface area contributed by atoms with Gasteiger partial charge in [0.1, 0.15) is 13.2 Å². The van der Waals surface area contributed by atoms with Crippen molar-refractivity contribution in [1.82, 2.24) is 10.6 Å². The van der Waals surface area contributed by atoms with E-state index in [-0.39, 0.29) is 31.5 Å². The monoisotopic (exact) mass is 455 g/mol. The summed E-state index contributed by atoms with van der Waals surface area (Å²) in [5.41, 5.74) is 7.77. The number of hydrogen-bond acceptors (Lipinski definition) is 6. The number of rotatable bonds is 14. The molecular weight excluding hydrogens is 422 g/mol. The van der Waals surface area contributed by atoms with Gasteiger partial charge in [-0.25, -0.2) is 4.79 Å². The maximum atomic E-state index is 12.0. The Hall–Kier alpha value is -3.39. The average molecular weight is 456 g/mol. The molecule has 0 saturated heterocycles. The van der Waals surface area contributed by atoms with Crippen molar-refractivity contribution >= 4 is 18.0 Å². The zero-order valence-corrected chi connectivity index (χ0v) is 18.8. The molecule has 0 aliphatic carbocycles. The molecule has 2 rings (SSSR count). The maximum absolute atomic E-state index is 12.0. The lowest BCUT2D eigenvalue weighted by atomic mass is 10.1. The van der Waals surface area contributed by atoms with E-state index >= 15 is 0 Å². The highest BCUT2D eigenvalue weighted by atomic mass is 16.5. The van der Waals surface area contributed by atoms with Crippen LogP contribution in [0, 0.1) is 0 Å². The largest absolute Gasteiger partial charge is 0.461 e. The fourth-order valence-electron chi connectivity index (χ4n) is 2.97. The van der Waals surface area contributed by atoms with Crippen LogP contribution in [-0.4, -0.2) is 37.1 Å². The van der Waals surface area contributed by atoms with Crippen LogP contribution in [-0.2, 0) is 32.3 Å². The third-order valence-corrected chi connectivity index (χ3v) is 4.86. The number of unbranched alkanes of at least 4 members (excludes halogenated alkanes) is 1. The Balaban J connectivity index is 1.44. The molecule has 1 atom stereocenters. The second-order valence-electron chi connectivity index (χ2n) is 7.63. The van der Waals surface area contributed by atoms with E-state index in [1.165, 1.54) is 0 Å². The molecule has 0 heterocycles. The number of carbonyl (C=O) groups is 3. The summed E-state index contributed by atoms with van der Waals surface area (Å²) in [6.45, 7) is 1.29. The van der Waals surface area contributed by atoms with Gasteiger partial charge in [-0.2, -0.15) is 0 Å². The highest BCUT2D eigenvalue weighted by Gasteiger charge is 2.13. The summed E-state index contributed by atoms with van der Waals surface area (Å²) in [4.78, 5) is 35.5. The summed E-state index contributed by atoms with van der Waals surface area (Å²) in [6, 6.07) is 18.3. The average Bonchev–Trinajstić information content (AvgIpc) is 2.84. The molecule has 0 spiro atoms. The lowest BCUT2D eigenvalue weighted by Crippen LogP contribution is -2.41. The first-order chi connectivity index (χ1) is 16.0. The number of amides is 2. The summed E-state index contributed by atoms with van der Waals surface area (Å²) in [7, 11) is 0. The highest BCUT2D eigenvalue weighted by molar-refractivity contribution is 5.81. The minimum absolute atomic E-state index is 0.225. The molecule has 2 amide bonds. The van der Waals surface area contributed by atoms with E-state index in [9.17, 15) is 14.4 Å². The molecule has 2 aromatic carbocycles. The second-order valence-corrected chi connectivity index (χ2v) is 7.63. The molecule has 0 saturated carbocycles. The molecule has 33 heavy (non-hydrogen) atoms. The van der Waals surface area contributed by atoms with Crippen molar-refractivity contribution in [3.8, 4) is 0 Å². The van der Waals surface area contributed by atoms with Gasteiger partial charge in [-0.3, -0.25) is 9.59 Å². The maximum Gasteiger partial charge on any atom is 0.407 e. The normalized spacial score (nSPS) is 11.3. The van der Waals surface area contributed by atoms with Gasteiger partial charge >= 0.3 is 12.1 Å². The molecule has 178 valence electrons. The fraction of sp³-hybridized carbons (Fsp3) is 0.400. The summed E-state index contributed by atoms with van der Waals surface area (Å²) in [5.74, 6) is -0.546. The topological polar surface area (TPSA) is 120 Å². The van der Waals surface area contributed by atoms with Crippen LogP contribution in [0.2, 0.25) is 0 Å². The van der Waals surface area contributed by atoms with Gasteiger partial charge in [0, 0.05) is 19.5 Å². The summed E-state index contributed by atoms with van der Waals surface area (Å²) in [5, 5.41) is 5.42. The van der Waals surface area contributed by atoms with Gasteiger partial charge in [0.05, 0.1) is 6.04 Å². The van der Waals surface area contributed by atoms with E-state index in [0.717, 1.165) is 11.1 Å². The fourth-order valence-corrected chi connectivity index (χ4v) is 2.97. The van der Waals surface area contributed by atoms with Crippen molar-refractivity contribution in [2.24, 2.45) is 5.73 Å². The zero-order chi connectivity index (χ0) is 23.7. The van der Waals surface area contributed by atoms with Crippen LogP contribution < -0.4 is 16.4 Å². The summed E-state index contributed by atoms with van der Waals surface area (Å²) < 4.78 is 10.3. The number of esters is 1. The smallest absolute Gasteiger partial charge is 0.407 e. The van der Waals surface area contributed by atoms with Crippen LogP contribution in [0.3, 0.4) is 0 Å². The Kier molecular flexibility index (Phi) is 12.1. The number of nitrogens with one attached hydrogen (secondary N) is 2. The Labute approximate surface area is 194 Å². The van der Waals surface area contributed by atoms with Gasteiger partial charge in [-0.05, 0) is 36.8 Å². The van der Waals surface area contributed by atoms with Crippen molar-refractivity contribution in [3.05, 3.63) is 71.8 Å². The first-order valence-corrected chi connectivity index (χ1v) is 11.2. The first kappa shape index (κ1) is 25.9. The van der Waals surface area contributed by atoms with E-state index in [1.54, 1.807) is 0 Å². The molecule has 0 aliphatic heterocycles. The van der Waals surface area contributed by atoms with Crippen LogP contribution in [0.15, 0.2) is 60.7 Å². The molecule has 0 fully saturated rings. The molecule has 2 aromatic rings. The standard InChI is InChI=1S/C25H33N3O5/c26-22(14-7-8-16-28-25(31)33-19-21-12-5-2-6-13-21)24(30)27-17-9-15-23(29)32-18-20-10-3-1-4-11-20/h1-6,10-13,22H,7-9,14-19,26H2,(H,27,30)(H,28,31)/t22-/m0/s1. The molecule has 0 unspecified atom stereocenters. The van der Waals surface area contributed by atoms with Crippen molar-refractivity contribution in [1.29, 1.82) is 0 Å². The van der Waals surface area contributed by atoms with E-state index in [1.807, 2.05) is 60.7 Å². The minimum atomic E-state index is -0.625. The Bertz CT molecular complexity index is 846. The second kappa shape index (κ2) is 15.4. The Morgan fingerprint density at radius 3 is 1.97 bits per heavy atom. The Morgan fingerprint density at radius 1 is 0.758 bits per heavy atom. The molecule has 0 aromatic heterocycles. The zero-order valence-electron chi connectivity index (χ0n) is 18.8. The third-order valence-electron chi connectivity index (χ3n) is 4.86. The van der Waals surface area contributed by atoms with E-state index in [0.29, 0.717) is 38.8 Å². The molecule has 0 radical (unpaired) electrons. The molecular formula is C25H33N3O5. The number of carbonyl (C=O) groups excluding carboxylic acids is 3. The lowest BCUT2D eigenvalue weighted by Gasteiger charge is -2.12. The van der Waals surface area contributed by atoms with Crippen molar-refractivity contribution in [3.63, 3.8) is 0 Å². The van der Waals surface area contributed by atoms with Gasteiger partial charge in [-0.15, -0.1) is 0 Å². The van der Waals surface area contributed by atoms with E-state index in [2.05, 4.69) is 10.6 Å². The van der Waals surface area contributed by atoms with E-state index in [4.69, 9.17) is 15.2 Å².